The lowest BCUT2D eigenvalue weighted by Crippen LogP contribution is -2.40. The van der Waals surface area contributed by atoms with E-state index in [-0.39, 0.29) is 23.8 Å². The Labute approximate surface area is 148 Å². The number of nitrogens with zero attached hydrogens (tertiary/aromatic N) is 1. The van der Waals surface area contributed by atoms with Crippen LogP contribution in [-0.4, -0.2) is 35.2 Å². The second kappa shape index (κ2) is 7.38. The van der Waals surface area contributed by atoms with E-state index in [0.29, 0.717) is 29.2 Å². The fourth-order valence-electron chi connectivity index (χ4n) is 3.65. The minimum atomic E-state index is -0.247. The highest BCUT2D eigenvalue weighted by Gasteiger charge is 2.40. The first-order valence-electron chi connectivity index (χ1n) is 9.29. The van der Waals surface area contributed by atoms with Crippen molar-refractivity contribution in [2.75, 3.05) is 6.54 Å². The van der Waals surface area contributed by atoms with Crippen LogP contribution in [0.2, 0.25) is 0 Å². The van der Waals surface area contributed by atoms with Crippen LogP contribution >= 0.6 is 0 Å². The topological polar surface area (TPSA) is 66.5 Å². The first-order chi connectivity index (χ1) is 12.0. The monoisotopic (exact) mass is 342 g/mol. The number of nitrogens with one attached hydrogen (secondary N) is 1. The normalized spacial score (nSPS) is 18.0. The lowest BCUT2D eigenvalue weighted by molar-refractivity contribution is 0.0549. The molecule has 1 aliphatic carbocycles. The number of carbonyl (C=O) groups is 3. The van der Waals surface area contributed by atoms with Crippen LogP contribution in [-0.2, 0) is 0 Å². The van der Waals surface area contributed by atoms with Gasteiger partial charge in [0.05, 0.1) is 11.1 Å². The Kier molecular flexibility index (Phi) is 5.21. The Morgan fingerprint density at radius 3 is 2.48 bits per heavy atom. The molecule has 3 rings (SSSR count). The van der Waals surface area contributed by atoms with Crippen molar-refractivity contribution in [3.05, 3.63) is 34.9 Å². The molecule has 0 spiro atoms. The van der Waals surface area contributed by atoms with Crippen molar-refractivity contribution in [1.82, 2.24) is 10.2 Å². The summed E-state index contributed by atoms with van der Waals surface area (Å²) < 4.78 is 0. The minimum absolute atomic E-state index is 0.00414. The van der Waals surface area contributed by atoms with E-state index in [1.54, 1.807) is 18.2 Å². The summed E-state index contributed by atoms with van der Waals surface area (Å²) >= 11 is 0. The van der Waals surface area contributed by atoms with Crippen molar-refractivity contribution >= 4 is 17.7 Å². The van der Waals surface area contributed by atoms with Gasteiger partial charge >= 0.3 is 0 Å². The Bertz CT molecular complexity index is 690. The quantitative estimate of drug-likeness (QED) is 0.834. The number of hydrogen-bond donors (Lipinski definition) is 1. The molecule has 0 saturated heterocycles. The number of imide groups is 1. The van der Waals surface area contributed by atoms with Crippen LogP contribution in [0, 0.1) is 5.92 Å². The molecule has 1 aliphatic heterocycles. The summed E-state index contributed by atoms with van der Waals surface area (Å²) in [6.07, 6.45) is 5.95. The smallest absolute Gasteiger partial charge is 0.261 e. The van der Waals surface area contributed by atoms with Gasteiger partial charge in [-0.2, -0.15) is 0 Å². The molecule has 1 heterocycles. The predicted molar refractivity (Wildman–Crippen MR) is 95.6 cm³/mol. The molecule has 0 atom stereocenters. The van der Waals surface area contributed by atoms with Gasteiger partial charge < -0.3 is 5.32 Å². The fourth-order valence-corrected chi connectivity index (χ4v) is 3.65. The predicted octanol–water partition coefficient (Wildman–Crippen LogP) is 3.39. The molecule has 134 valence electrons. The van der Waals surface area contributed by atoms with E-state index in [4.69, 9.17) is 0 Å². The molecular weight excluding hydrogens is 316 g/mol. The highest BCUT2D eigenvalue weighted by Crippen LogP contribution is 2.31. The number of rotatable bonds is 5. The van der Waals surface area contributed by atoms with Gasteiger partial charge in [-0.05, 0) is 43.4 Å². The van der Waals surface area contributed by atoms with Crippen molar-refractivity contribution in [3.63, 3.8) is 0 Å². The van der Waals surface area contributed by atoms with Crippen molar-refractivity contribution in [2.45, 2.75) is 58.4 Å². The maximum Gasteiger partial charge on any atom is 0.261 e. The first kappa shape index (κ1) is 17.6. The molecule has 5 nitrogen and oxygen atoms in total. The Morgan fingerprint density at radius 1 is 1.12 bits per heavy atom. The van der Waals surface area contributed by atoms with Crippen LogP contribution in [0.4, 0.5) is 0 Å². The molecule has 1 N–H and O–H groups in total. The van der Waals surface area contributed by atoms with E-state index < -0.39 is 0 Å². The molecule has 0 bridgehead atoms. The molecule has 0 unspecified atom stereocenters. The largest absolute Gasteiger partial charge is 0.352 e. The molecule has 2 aliphatic rings. The van der Waals surface area contributed by atoms with E-state index in [9.17, 15) is 14.4 Å². The maximum atomic E-state index is 12.8. The van der Waals surface area contributed by atoms with Gasteiger partial charge in [-0.15, -0.1) is 0 Å². The zero-order valence-electron chi connectivity index (χ0n) is 15.0. The average Bonchev–Trinajstić information content (AvgIpc) is 2.86. The summed E-state index contributed by atoms with van der Waals surface area (Å²) in [5, 5.41) is 2.87. The molecule has 25 heavy (non-hydrogen) atoms. The van der Waals surface area contributed by atoms with Crippen LogP contribution in [0.5, 0.6) is 0 Å². The van der Waals surface area contributed by atoms with Gasteiger partial charge in [-0.25, -0.2) is 0 Å². The summed E-state index contributed by atoms with van der Waals surface area (Å²) in [5.74, 6) is -0.134. The van der Waals surface area contributed by atoms with Crippen LogP contribution in [0.25, 0.3) is 0 Å². The number of fused-ring (bicyclic) bond motifs is 1. The third-order valence-corrected chi connectivity index (χ3v) is 5.13. The van der Waals surface area contributed by atoms with E-state index in [2.05, 4.69) is 19.2 Å². The molecule has 5 heteroatoms. The van der Waals surface area contributed by atoms with Gasteiger partial charge in [-0.1, -0.05) is 33.1 Å². The zero-order valence-corrected chi connectivity index (χ0v) is 15.0. The van der Waals surface area contributed by atoms with Crippen molar-refractivity contribution in [3.8, 4) is 0 Å². The standard InChI is InChI=1S/C20H26N2O3/c1-13(2)10-11-21-18(23)14-8-9-16-17(12-14)20(25)22(19(16)24)15-6-4-3-5-7-15/h8-9,12-13,15H,3-7,10-11H2,1-2H3,(H,21,23). The summed E-state index contributed by atoms with van der Waals surface area (Å²) in [7, 11) is 0. The molecule has 1 aromatic carbocycles. The second-order valence-electron chi connectivity index (χ2n) is 7.47. The summed E-state index contributed by atoms with van der Waals surface area (Å²) in [6, 6.07) is 4.84. The van der Waals surface area contributed by atoms with Crippen LogP contribution in [0.3, 0.4) is 0 Å². The fraction of sp³-hybridized carbons (Fsp3) is 0.550. The third-order valence-electron chi connectivity index (χ3n) is 5.13. The van der Waals surface area contributed by atoms with Crippen LogP contribution < -0.4 is 5.32 Å². The Hall–Kier alpha value is -2.17. The van der Waals surface area contributed by atoms with Gasteiger partial charge in [0.15, 0.2) is 0 Å². The van der Waals surface area contributed by atoms with E-state index in [1.165, 1.54) is 11.3 Å². The minimum Gasteiger partial charge on any atom is -0.352 e. The first-order valence-corrected chi connectivity index (χ1v) is 9.29. The number of hydrogen-bond acceptors (Lipinski definition) is 3. The zero-order chi connectivity index (χ0) is 18.0. The van der Waals surface area contributed by atoms with Gasteiger partial charge in [-0.3, -0.25) is 19.3 Å². The number of benzene rings is 1. The van der Waals surface area contributed by atoms with E-state index >= 15 is 0 Å². The second-order valence-corrected chi connectivity index (χ2v) is 7.47. The number of carbonyl (C=O) groups excluding carboxylic acids is 3. The highest BCUT2D eigenvalue weighted by atomic mass is 16.2. The Morgan fingerprint density at radius 2 is 1.80 bits per heavy atom. The van der Waals surface area contributed by atoms with Gasteiger partial charge in [0.25, 0.3) is 17.7 Å². The number of amides is 3. The molecule has 0 radical (unpaired) electrons. The molecule has 0 aromatic heterocycles. The third kappa shape index (κ3) is 3.60. The summed E-state index contributed by atoms with van der Waals surface area (Å²) in [4.78, 5) is 39.1. The van der Waals surface area contributed by atoms with Crippen LogP contribution in [0.15, 0.2) is 18.2 Å². The molecular formula is C20H26N2O3. The van der Waals surface area contributed by atoms with E-state index in [0.717, 1.165) is 32.1 Å². The highest BCUT2D eigenvalue weighted by molar-refractivity contribution is 6.22. The average molecular weight is 342 g/mol. The summed E-state index contributed by atoms with van der Waals surface area (Å²) in [6.45, 7) is 4.81. The van der Waals surface area contributed by atoms with Gasteiger partial charge in [0.1, 0.15) is 0 Å². The van der Waals surface area contributed by atoms with Gasteiger partial charge in [0.2, 0.25) is 0 Å². The van der Waals surface area contributed by atoms with Crippen LogP contribution in [0.1, 0.15) is 83.4 Å². The molecule has 1 aromatic rings. The van der Waals surface area contributed by atoms with Gasteiger partial charge in [0, 0.05) is 18.2 Å². The van der Waals surface area contributed by atoms with Crippen molar-refractivity contribution in [2.24, 2.45) is 5.92 Å². The van der Waals surface area contributed by atoms with Crippen molar-refractivity contribution < 1.29 is 14.4 Å². The van der Waals surface area contributed by atoms with Crippen molar-refractivity contribution in [1.29, 1.82) is 0 Å². The molecule has 3 amide bonds. The summed E-state index contributed by atoms with van der Waals surface area (Å²) in [5.41, 5.74) is 1.23. The SMILES string of the molecule is CC(C)CCNC(=O)c1ccc2c(c1)C(=O)N(C1CCCCC1)C2=O. The Balaban J connectivity index is 1.75. The molecule has 1 saturated carbocycles. The lowest BCUT2D eigenvalue weighted by Gasteiger charge is -2.29. The molecule has 1 fully saturated rings. The lowest BCUT2D eigenvalue weighted by atomic mass is 9.94. The maximum absolute atomic E-state index is 12.8. The van der Waals surface area contributed by atoms with E-state index in [1.807, 2.05) is 0 Å².